The Labute approximate surface area is 141 Å². The van der Waals surface area contributed by atoms with Crippen LogP contribution < -0.4 is 4.57 Å². The summed E-state index contributed by atoms with van der Waals surface area (Å²) in [5, 5.41) is 1.50. The molecule has 2 heteroatoms. The molecule has 116 valence electrons. The van der Waals surface area contributed by atoms with Crippen molar-refractivity contribution in [3.05, 3.63) is 54.2 Å². The predicted octanol–water partition coefficient (Wildman–Crippen LogP) is 5.42. The molecule has 5 rings (SSSR count). The van der Waals surface area contributed by atoms with Crippen molar-refractivity contribution in [1.82, 2.24) is 0 Å². The number of nitrogens with zero attached hydrogens (tertiary/aromatic N) is 1. The SMILES string of the molecule is CCC12CCC1(CC)[n+]1ccccc1-c1sc3ccccc3c12. The van der Waals surface area contributed by atoms with E-state index >= 15 is 0 Å². The van der Waals surface area contributed by atoms with E-state index in [0.29, 0.717) is 5.41 Å². The van der Waals surface area contributed by atoms with Crippen LogP contribution in [-0.4, -0.2) is 0 Å². The van der Waals surface area contributed by atoms with Gasteiger partial charge in [-0.05, 0) is 35.9 Å². The lowest BCUT2D eigenvalue weighted by Gasteiger charge is -2.57. The van der Waals surface area contributed by atoms with E-state index < -0.39 is 0 Å². The third-order valence-corrected chi connectivity index (χ3v) is 7.87. The summed E-state index contributed by atoms with van der Waals surface area (Å²) in [6.07, 6.45) is 7.41. The van der Waals surface area contributed by atoms with E-state index in [0.717, 1.165) is 0 Å². The first-order chi connectivity index (χ1) is 11.3. The van der Waals surface area contributed by atoms with Gasteiger partial charge >= 0.3 is 0 Å². The summed E-state index contributed by atoms with van der Waals surface area (Å²) < 4.78 is 4.07. The molecule has 23 heavy (non-hydrogen) atoms. The Morgan fingerprint density at radius 1 is 1.00 bits per heavy atom. The van der Waals surface area contributed by atoms with Crippen molar-refractivity contribution >= 4 is 21.4 Å². The number of aromatic nitrogens is 1. The van der Waals surface area contributed by atoms with Gasteiger partial charge in [0.25, 0.3) is 0 Å². The van der Waals surface area contributed by atoms with Gasteiger partial charge in [0.05, 0.1) is 5.41 Å². The number of hydrogen-bond donors (Lipinski definition) is 0. The van der Waals surface area contributed by atoms with Gasteiger partial charge in [-0.15, -0.1) is 11.3 Å². The van der Waals surface area contributed by atoms with Crippen LogP contribution in [0.15, 0.2) is 48.7 Å². The van der Waals surface area contributed by atoms with E-state index in [1.54, 1.807) is 5.56 Å². The first-order valence-electron chi connectivity index (χ1n) is 8.81. The Hall–Kier alpha value is -1.67. The summed E-state index contributed by atoms with van der Waals surface area (Å²) in [7, 11) is 0. The van der Waals surface area contributed by atoms with Crippen LogP contribution in [0.2, 0.25) is 0 Å². The zero-order chi connectivity index (χ0) is 15.7. The quantitative estimate of drug-likeness (QED) is 0.555. The fourth-order valence-electron chi connectivity index (χ4n) is 5.49. The summed E-state index contributed by atoms with van der Waals surface area (Å²) >= 11 is 1.98. The molecule has 0 saturated heterocycles. The molecule has 3 heterocycles. The zero-order valence-corrected chi connectivity index (χ0v) is 14.6. The smallest absolute Gasteiger partial charge is 0.191 e. The van der Waals surface area contributed by atoms with E-state index in [2.05, 4.69) is 67.1 Å². The summed E-state index contributed by atoms with van der Waals surface area (Å²) in [5.74, 6) is 0. The first-order valence-corrected chi connectivity index (χ1v) is 9.62. The van der Waals surface area contributed by atoms with Crippen LogP contribution in [0.25, 0.3) is 20.7 Å². The Bertz CT molecular complexity index is 916. The predicted molar refractivity (Wildman–Crippen MR) is 96.9 cm³/mol. The standard InChI is InChI=1S/C21H22NS/c1-3-20-12-13-21(20,4-2)22-14-8-7-10-16(22)19-18(20)15-9-5-6-11-17(15)23-19/h5-11,14H,3-4,12-13H2,1-2H3/q+1. The normalized spacial score (nSPS) is 27.9. The zero-order valence-electron chi connectivity index (χ0n) is 13.8. The van der Waals surface area contributed by atoms with Gasteiger partial charge in [0.2, 0.25) is 5.69 Å². The van der Waals surface area contributed by atoms with Crippen molar-refractivity contribution in [3.63, 3.8) is 0 Å². The van der Waals surface area contributed by atoms with Gasteiger partial charge in [-0.25, -0.2) is 0 Å². The van der Waals surface area contributed by atoms with Crippen molar-refractivity contribution in [2.45, 2.75) is 50.5 Å². The largest absolute Gasteiger partial charge is 0.223 e. The fraction of sp³-hybridized carbons (Fsp3) is 0.381. The van der Waals surface area contributed by atoms with E-state index in [4.69, 9.17) is 0 Å². The Morgan fingerprint density at radius 2 is 1.83 bits per heavy atom. The molecule has 2 aromatic heterocycles. The summed E-state index contributed by atoms with van der Waals surface area (Å²) in [5.41, 5.74) is 3.67. The van der Waals surface area contributed by atoms with E-state index in [9.17, 15) is 0 Å². The highest BCUT2D eigenvalue weighted by Crippen LogP contribution is 2.64. The Morgan fingerprint density at radius 3 is 2.57 bits per heavy atom. The minimum absolute atomic E-state index is 0.273. The van der Waals surface area contributed by atoms with Crippen LogP contribution in [0.1, 0.15) is 45.1 Å². The van der Waals surface area contributed by atoms with Crippen molar-refractivity contribution in [2.75, 3.05) is 0 Å². The van der Waals surface area contributed by atoms with Crippen LogP contribution in [0, 0.1) is 0 Å². The fourth-order valence-corrected chi connectivity index (χ4v) is 6.82. The molecule has 3 aromatic rings. The van der Waals surface area contributed by atoms with Crippen LogP contribution in [0.5, 0.6) is 0 Å². The highest BCUT2D eigenvalue weighted by atomic mass is 32.1. The van der Waals surface area contributed by atoms with E-state index in [1.807, 2.05) is 11.3 Å². The summed E-state index contributed by atoms with van der Waals surface area (Å²) in [6.45, 7) is 4.78. The molecule has 1 aromatic carbocycles. The second-order valence-corrected chi connectivity index (χ2v) is 8.13. The Balaban J connectivity index is 1.97. The van der Waals surface area contributed by atoms with Crippen LogP contribution >= 0.6 is 11.3 Å². The molecule has 0 N–H and O–H groups in total. The van der Waals surface area contributed by atoms with Crippen LogP contribution in [0.4, 0.5) is 0 Å². The molecule has 2 unspecified atom stereocenters. The maximum Gasteiger partial charge on any atom is 0.223 e. The van der Waals surface area contributed by atoms with Crippen molar-refractivity contribution in [3.8, 4) is 10.6 Å². The molecule has 1 aliphatic carbocycles. The third-order valence-electron chi connectivity index (χ3n) is 6.67. The molecular formula is C21H22NS+. The third kappa shape index (κ3) is 1.38. The van der Waals surface area contributed by atoms with Gasteiger partial charge in [0.1, 0.15) is 4.88 Å². The number of thiophene rings is 1. The summed E-state index contributed by atoms with van der Waals surface area (Å²) in [6, 6.07) is 15.7. The molecule has 0 amide bonds. The minimum Gasteiger partial charge on any atom is -0.191 e. The maximum absolute atomic E-state index is 2.62. The first kappa shape index (κ1) is 13.7. The lowest BCUT2D eigenvalue weighted by atomic mass is 9.47. The molecule has 0 spiro atoms. The number of rotatable bonds is 2. The van der Waals surface area contributed by atoms with Crippen molar-refractivity contribution in [1.29, 1.82) is 0 Å². The number of fused-ring (bicyclic) bond motifs is 8. The van der Waals surface area contributed by atoms with Gasteiger partial charge in [-0.2, -0.15) is 4.57 Å². The molecule has 1 nitrogen and oxygen atoms in total. The highest BCUT2D eigenvalue weighted by molar-refractivity contribution is 7.22. The molecule has 0 radical (unpaired) electrons. The second-order valence-electron chi connectivity index (χ2n) is 7.08. The van der Waals surface area contributed by atoms with Crippen LogP contribution in [0.3, 0.4) is 0 Å². The van der Waals surface area contributed by atoms with Crippen LogP contribution in [-0.2, 0) is 11.0 Å². The average Bonchev–Trinajstić information content (AvgIpc) is 2.96. The lowest BCUT2D eigenvalue weighted by Crippen LogP contribution is -2.75. The van der Waals surface area contributed by atoms with Gasteiger partial charge in [-0.3, -0.25) is 0 Å². The van der Waals surface area contributed by atoms with Gasteiger partial charge < -0.3 is 0 Å². The van der Waals surface area contributed by atoms with E-state index in [1.165, 1.54) is 46.3 Å². The molecule has 1 fully saturated rings. The minimum atomic E-state index is 0.273. The Kier molecular flexibility index (Phi) is 2.66. The lowest BCUT2D eigenvalue weighted by molar-refractivity contribution is -0.783. The van der Waals surface area contributed by atoms with Crippen molar-refractivity contribution in [2.24, 2.45) is 0 Å². The second kappa shape index (κ2) is 4.45. The van der Waals surface area contributed by atoms with Gasteiger partial charge in [-0.1, -0.05) is 32.0 Å². The van der Waals surface area contributed by atoms with Gasteiger partial charge in [0.15, 0.2) is 11.7 Å². The molecule has 2 aliphatic rings. The maximum atomic E-state index is 2.62. The highest BCUT2D eigenvalue weighted by Gasteiger charge is 2.68. The molecule has 2 atom stereocenters. The average molecular weight is 320 g/mol. The number of benzene rings is 1. The monoisotopic (exact) mass is 320 g/mol. The molecule has 1 saturated carbocycles. The number of hydrogen-bond acceptors (Lipinski definition) is 1. The van der Waals surface area contributed by atoms with Crippen molar-refractivity contribution < 1.29 is 4.57 Å². The molecule has 0 bridgehead atoms. The van der Waals surface area contributed by atoms with Gasteiger partial charge in [0, 0.05) is 29.7 Å². The topological polar surface area (TPSA) is 3.88 Å². The summed E-state index contributed by atoms with van der Waals surface area (Å²) in [4.78, 5) is 1.51. The number of pyridine rings is 1. The van der Waals surface area contributed by atoms with E-state index in [-0.39, 0.29) is 5.54 Å². The molecular weight excluding hydrogens is 298 g/mol. The molecule has 1 aliphatic heterocycles.